The zero-order valence-corrected chi connectivity index (χ0v) is 20.5. The molecular weight excluding hydrogens is 415 g/mol. The van der Waals surface area contributed by atoms with E-state index in [-0.39, 0.29) is 12.4 Å². The normalized spacial score (nSPS) is 17.8. The third kappa shape index (κ3) is 3.97. The highest BCUT2D eigenvalue weighted by Gasteiger charge is 2.43. The molecule has 3 aromatic rings. The van der Waals surface area contributed by atoms with Crippen LogP contribution in [-0.2, 0) is 19.0 Å². The van der Waals surface area contributed by atoms with E-state index >= 15 is 0 Å². The number of aromatic nitrogens is 2. The van der Waals surface area contributed by atoms with Gasteiger partial charge in [-0.1, -0.05) is 35.4 Å². The molecule has 0 unspecified atom stereocenters. The molecule has 6 nitrogen and oxygen atoms in total. The van der Waals surface area contributed by atoms with E-state index in [9.17, 15) is 9.59 Å². The fourth-order valence-corrected chi connectivity index (χ4v) is 5.62. The van der Waals surface area contributed by atoms with Crippen molar-refractivity contribution in [3.8, 4) is 11.4 Å². The Kier molecular flexibility index (Phi) is 5.91. The smallest absolute Gasteiger partial charge is 0.286 e. The zero-order chi connectivity index (χ0) is 24.0. The first-order valence-corrected chi connectivity index (χ1v) is 11.4. The van der Waals surface area contributed by atoms with Gasteiger partial charge in [0, 0.05) is 6.42 Å². The van der Waals surface area contributed by atoms with Crippen molar-refractivity contribution in [3.63, 3.8) is 0 Å². The summed E-state index contributed by atoms with van der Waals surface area (Å²) in [7, 11) is 1.36. The molecule has 172 valence electrons. The average molecular weight is 446 g/mol. The first-order chi connectivity index (χ1) is 15.6. The SMILES string of the molecule is COC(=O)[C@@H]1CC(=O)O[B@H-]1c1n(-c2c(C)cc(C)cc2C)cc[n+]1-c1c(C)cc(C)cc1C. The number of carbonyl (C=O) groups is 2. The van der Waals surface area contributed by atoms with Crippen LogP contribution < -0.4 is 10.3 Å². The second-order valence-corrected chi connectivity index (χ2v) is 9.40. The van der Waals surface area contributed by atoms with E-state index in [0.717, 1.165) is 39.4 Å². The van der Waals surface area contributed by atoms with Gasteiger partial charge in [0.2, 0.25) is 0 Å². The van der Waals surface area contributed by atoms with E-state index in [1.165, 1.54) is 18.2 Å². The molecule has 1 aromatic heterocycles. The van der Waals surface area contributed by atoms with Gasteiger partial charge in [-0.05, 0) is 69.6 Å². The minimum absolute atomic E-state index is 0.0373. The predicted octanol–water partition coefficient (Wildman–Crippen LogP) is 3.03. The number of nitrogens with zero attached hydrogens (tertiary/aromatic N) is 2. The molecule has 0 radical (unpaired) electrons. The molecule has 0 N–H and O–H groups in total. The summed E-state index contributed by atoms with van der Waals surface area (Å²) >= 11 is 0. The maximum absolute atomic E-state index is 12.7. The molecule has 0 aliphatic carbocycles. The number of rotatable bonds is 4. The Morgan fingerprint density at radius 3 is 2.09 bits per heavy atom. The summed E-state index contributed by atoms with van der Waals surface area (Å²) in [5, 5.41) is 0. The first kappa shape index (κ1) is 22.8. The van der Waals surface area contributed by atoms with Crippen LogP contribution in [0.25, 0.3) is 11.4 Å². The van der Waals surface area contributed by atoms with Crippen LogP contribution in [0.15, 0.2) is 36.7 Å². The molecule has 0 saturated carbocycles. The summed E-state index contributed by atoms with van der Waals surface area (Å²) in [6.45, 7) is 10.6. The number of imidazole rings is 1. The number of aryl methyl sites for hydroxylation is 6. The molecule has 1 aliphatic rings. The van der Waals surface area contributed by atoms with Crippen molar-refractivity contribution in [1.29, 1.82) is 0 Å². The minimum atomic E-state index is -1.84. The summed E-state index contributed by atoms with van der Waals surface area (Å²) in [6.07, 6.45) is 4.05. The number of esters is 1. The standard InChI is InChI=1S/C26H31BN2O4/c1-15-10-17(3)23(18(4)11-15)28-8-9-29(24-19(5)12-16(2)13-20(24)6)26(28)27-21(25(31)32-7)14-22(30)33-27/h8-13,21,27H,14H2,1-7H3/t21-,27+/m0/s1. The lowest BCUT2D eigenvalue weighted by Crippen LogP contribution is -2.59. The van der Waals surface area contributed by atoms with E-state index in [1.807, 2.05) is 12.4 Å². The van der Waals surface area contributed by atoms with Gasteiger partial charge < -0.3 is 9.39 Å². The van der Waals surface area contributed by atoms with Gasteiger partial charge in [0.25, 0.3) is 18.9 Å². The maximum Gasteiger partial charge on any atom is 0.286 e. The van der Waals surface area contributed by atoms with Gasteiger partial charge >= 0.3 is 0 Å². The van der Waals surface area contributed by atoms with Gasteiger partial charge in [0.15, 0.2) is 0 Å². The van der Waals surface area contributed by atoms with Crippen LogP contribution in [0.4, 0.5) is 0 Å². The maximum atomic E-state index is 12.7. The van der Waals surface area contributed by atoms with Gasteiger partial charge in [-0.3, -0.25) is 9.59 Å². The van der Waals surface area contributed by atoms with Crippen molar-refractivity contribution in [2.45, 2.75) is 53.8 Å². The molecule has 2 heterocycles. The van der Waals surface area contributed by atoms with Crippen molar-refractivity contribution in [3.05, 3.63) is 70.0 Å². The van der Waals surface area contributed by atoms with Crippen LogP contribution >= 0.6 is 0 Å². The highest BCUT2D eigenvalue weighted by molar-refractivity contribution is 6.73. The summed E-state index contributed by atoms with van der Waals surface area (Å²) in [4.78, 5) is 25.1. The van der Waals surface area contributed by atoms with Crippen molar-refractivity contribution >= 4 is 24.6 Å². The first-order valence-electron chi connectivity index (χ1n) is 11.4. The Morgan fingerprint density at radius 2 is 1.55 bits per heavy atom. The molecule has 2 aromatic carbocycles. The fraction of sp³-hybridized carbons (Fsp3) is 0.346. The Hall–Kier alpha value is -3.35. The molecule has 2 atom stereocenters. The second-order valence-electron chi connectivity index (χ2n) is 9.40. The van der Waals surface area contributed by atoms with Gasteiger partial charge in [-0.2, -0.15) is 0 Å². The molecule has 1 aliphatic heterocycles. The molecular formula is C26H31BN2O4. The highest BCUT2D eigenvalue weighted by Crippen LogP contribution is 2.28. The van der Waals surface area contributed by atoms with Crippen molar-refractivity contribution in [2.75, 3.05) is 7.11 Å². The largest absolute Gasteiger partial charge is 0.680 e. The van der Waals surface area contributed by atoms with E-state index in [2.05, 4.69) is 74.9 Å². The van der Waals surface area contributed by atoms with E-state index < -0.39 is 18.7 Å². The van der Waals surface area contributed by atoms with Crippen LogP contribution in [0.5, 0.6) is 0 Å². The summed E-state index contributed by atoms with van der Waals surface area (Å²) in [5.74, 6) is -1.39. The van der Waals surface area contributed by atoms with Crippen molar-refractivity contribution < 1.29 is 23.5 Å². The molecule has 1 saturated heterocycles. The zero-order valence-electron chi connectivity index (χ0n) is 20.5. The summed E-state index contributed by atoms with van der Waals surface area (Å²) in [6, 6.07) is 8.58. The molecule has 7 heteroatoms. The Morgan fingerprint density at radius 1 is 1.00 bits per heavy atom. The van der Waals surface area contributed by atoms with Crippen molar-refractivity contribution in [1.82, 2.24) is 4.57 Å². The Bertz CT molecular complexity index is 1160. The molecule has 0 amide bonds. The Labute approximate surface area is 195 Å². The quantitative estimate of drug-likeness (QED) is 0.351. The molecule has 0 bridgehead atoms. The van der Waals surface area contributed by atoms with E-state index in [1.54, 1.807) is 0 Å². The van der Waals surface area contributed by atoms with Crippen molar-refractivity contribution in [2.24, 2.45) is 0 Å². The molecule has 1 fully saturated rings. The molecule has 4 rings (SSSR count). The highest BCUT2D eigenvalue weighted by atomic mass is 16.5. The monoisotopic (exact) mass is 446 g/mol. The van der Waals surface area contributed by atoms with Crippen LogP contribution in [0.2, 0.25) is 5.82 Å². The summed E-state index contributed by atoms with van der Waals surface area (Å²) < 4.78 is 15.1. The lowest BCUT2D eigenvalue weighted by molar-refractivity contribution is -0.577. The number of hydrogen-bond donors (Lipinski definition) is 0. The molecule has 0 spiro atoms. The lowest BCUT2D eigenvalue weighted by Gasteiger charge is -2.23. The third-order valence-electron chi connectivity index (χ3n) is 6.70. The van der Waals surface area contributed by atoms with Gasteiger partial charge in [0.1, 0.15) is 29.5 Å². The summed E-state index contributed by atoms with van der Waals surface area (Å²) in [5.41, 5.74) is 9.73. The second kappa shape index (κ2) is 8.54. The molecule has 33 heavy (non-hydrogen) atoms. The number of carbonyl (C=O) groups excluding carboxylic acids is 2. The number of ether oxygens (including phenoxy) is 1. The average Bonchev–Trinajstić information content (AvgIpc) is 3.29. The number of hydrogen-bond acceptors (Lipinski definition) is 4. The third-order valence-corrected chi connectivity index (χ3v) is 6.70. The number of methoxy groups -OCH3 is 1. The van der Waals surface area contributed by atoms with Gasteiger partial charge in [0.05, 0.1) is 7.11 Å². The van der Waals surface area contributed by atoms with Gasteiger partial charge in [-0.25, -0.2) is 9.13 Å². The van der Waals surface area contributed by atoms with E-state index in [4.69, 9.17) is 9.39 Å². The van der Waals surface area contributed by atoms with Crippen LogP contribution in [-0.4, -0.2) is 30.5 Å². The van der Waals surface area contributed by atoms with Crippen LogP contribution in [0.3, 0.4) is 0 Å². The number of benzene rings is 2. The fourth-order valence-electron chi connectivity index (χ4n) is 5.62. The van der Waals surface area contributed by atoms with Crippen LogP contribution in [0.1, 0.15) is 39.8 Å². The van der Waals surface area contributed by atoms with Gasteiger partial charge in [-0.15, -0.1) is 0 Å². The van der Waals surface area contributed by atoms with Crippen LogP contribution in [0, 0.1) is 41.5 Å². The minimum Gasteiger partial charge on any atom is -0.680 e. The predicted molar refractivity (Wildman–Crippen MR) is 129 cm³/mol. The lowest BCUT2D eigenvalue weighted by atomic mass is 9.55. The Balaban J connectivity index is 2.04. The van der Waals surface area contributed by atoms with E-state index in [0.29, 0.717) is 0 Å². The topological polar surface area (TPSA) is 61.4 Å².